The van der Waals surface area contributed by atoms with Crippen LogP contribution in [0.5, 0.6) is 5.75 Å². The van der Waals surface area contributed by atoms with E-state index in [4.69, 9.17) is 14.3 Å². The fourth-order valence-corrected chi connectivity index (χ4v) is 7.09. The van der Waals surface area contributed by atoms with Crippen LogP contribution in [0.1, 0.15) is 88.5 Å². The number of ether oxygens (including phenoxy) is 1. The highest BCUT2D eigenvalue weighted by atomic mass is 32.2. The van der Waals surface area contributed by atoms with E-state index in [1.165, 1.54) is 16.4 Å². The maximum Gasteiger partial charge on any atom is 0.253 e. The van der Waals surface area contributed by atoms with Gasteiger partial charge in [0, 0.05) is 50.9 Å². The lowest BCUT2D eigenvalue weighted by atomic mass is 9.89. The predicted octanol–water partition coefficient (Wildman–Crippen LogP) is 3.93. The number of amidine groups is 1. The van der Waals surface area contributed by atoms with Gasteiger partial charge in [-0.2, -0.15) is 4.31 Å². The summed E-state index contributed by atoms with van der Waals surface area (Å²) in [6, 6.07) is 6.46. The number of sulfonamides is 1. The summed E-state index contributed by atoms with van der Waals surface area (Å²) in [6.07, 6.45) is -1.03. The van der Waals surface area contributed by atoms with E-state index < -0.39 is 58.4 Å². The molecule has 3 aliphatic rings. The molecule has 10 nitrogen and oxygen atoms in total. The summed E-state index contributed by atoms with van der Waals surface area (Å²) in [4.78, 5) is 32.6. The molecule has 45 heavy (non-hydrogen) atoms. The highest BCUT2D eigenvalue weighted by Gasteiger charge is 2.47. The Morgan fingerprint density at radius 2 is 1.78 bits per heavy atom. The van der Waals surface area contributed by atoms with Crippen LogP contribution in [0.15, 0.2) is 40.7 Å². The average Bonchev–Trinajstić information content (AvgIpc) is 3.35. The van der Waals surface area contributed by atoms with Gasteiger partial charge in [0.15, 0.2) is 11.6 Å². The maximum absolute atomic E-state index is 14.7. The number of aliphatic hydroxyl groups is 1. The average molecular weight is 648 g/mol. The van der Waals surface area contributed by atoms with Crippen LogP contribution in [-0.4, -0.2) is 83.8 Å². The van der Waals surface area contributed by atoms with Crippen LogP contribution in [0.4, 0.5) is 4.39 Å². The summed E-state index contributed by atoms with van der Waals surface area (Å²) < 4.78 is 101. The van der Waals surface area contributed by atoms with E-state index >= 15 is 0 Å². The number of likely N-dealkylation sites (tertiary alicyclic amines) is 1. The first kappa shape index (κ1) is 24.6. The third kappa shape index (κ3) is 6.97. The lowest BCUT2D eigenvalue weighted by Gasteiger charge is -2.36. The number of amides is 2. The number of aryl methyl sites for hydroxylation is 2. The third-order valence-electron chi connectivity index (χ3n) is 8.68. The molecular formula is C33H41FN4O6S. The second-order valence-corrected chi connectivity index (χ2v) is 13.9. The highest BCUT2D eigenvalue weighted by molar-refractivity contribution is 7.92. The smallest absolute Gasteiger partial charge is 0.253 e. The minimum atomic E-state index is -3.95. The molecule has 2 fully saturated rings. The molecule has 0 saturated carbocycles. The van der Waals surface area contributed by atoms with E-state index in [0.717, 1.165) is 17.5 Å². The quantitative estimate of drug-likeness (QED) is 0.469. The van der Waals surface area contributed by atoms with Gasteiger partial charge >= 0.3 is 0 Å². The molecule has 0 unspecified atom stereocenters. The molecule has 242 valence electrons. The summed E-state index contributed by atoms with van der Waals surface area (Å²) in [7, 11) is -3.95. The summed E-state index contributed by atoms with van der Waals surface area (Å²) >= 11 is 0. The van der Waals surface area contributed by atoms with E-state index in [-0.39, 0.29) is 43.2 Å². The first-order chi connectivity index (χ1) is 23.9. The van der Waals surface area contributed by atoms with E-state index in [9.17, 15) is 27.5 Å². The molecule has 3 aliphatic heterocycles. The number of carbonyl (C=O) groups excluding carboxylic acids is 2. The molecule has 0 radical (unpaired) electrons. The number of halogens is 1. The third-order valence-corrected chi connectivity index (χ3v) is 10.2. The van der Waals surface area contributed by atoms with E-state index in [1.54, 1.807) is 37.8 Å². The Kier molecular flexibility index (Phi) is 6.72. The summed E-state index contributed by atoms with van der Waals surface area (Å²) in [5, 5.41) is 13.9. The van der Waals surface area contributed by atoms with Crippen molar-refractivity contribution in [1.29, 1.82) is 0 Å². The van der Waals surface area contributed by atoms with Crippen molar-refractivity contribution in [3.63, 3.8) is 0 Å². The topological polar surface area (TPSA) is 129 Å². The fourth-order valence-electron chi connectivity index (χ4n) is 5.92. The second kappa shape index (κ2) is 12.3. The number of carbonyl (C=O) groups is 2. The monoisotopic (exact) mass is 647 g/mol. The van der Waals surface area contributed by atoms with Gasteiger partial charge in [-0.25, -0.2) is 12.8 Å². The van der Waals surface area contributed by atoms with Crippen LogP contribution in [0.3, 0.4) is 0 Å². The lowest BCUT2D eigenvalue weighted by molar-refractivity contribution is -0.124. The van der Waals surface area contributed by atoms with Gasteiger partial charge in [-0.1, -0.05) is 0 Å². The lowest BCUT2D eigenvalue weighted by Crippen LogP contribution is -2.50. The van der Waals surface area contributed by atoms with E-state index in [0.29, 0.717) is 48.2 Å². The molecule has 2 saturated heterocycles. The van der Waals surface area contributed by atoms with Gasteiger partial charge in [0.1, 0.15) is 11.4 Å². The zero-order chi connectivity index (χ0) is 38.7. The molecule has 2 N–H and O–H groups in total. The predicted molar refractivity (Wildman–Crippen MR) is 170 cm³/mol. The Bertz CT molecular complexity index is 1890. The zero-order valence-electron chi connectivity index (χ0n) is 32.3. The van der Waals surface area contributed by atoms with E-state index in [1.807, 2.05) is 0 Å². The van der Waals surface area contributed by atoms with Gasteiger partial charge < -0.3 is 20.1 Å². The van der Waals surface area contributed by atoms with Crippen molar-refractivity contribution in [2.75, 3.05) is 26.2 Å². The molecule has 1 spiro atoms. The summed E-state index contributed by atoms with van der Waals surface area (Å²) in [5.74, 6) is -2.70. The van der Waals surface area contributed by atoms with Crippen molar-refractivity contribution >= 4 is 33.7 Å². The number of hydrogen-bond acceptors (Lipinski definition) is 7. The van der Waals surface area contributed by atoms with Crippen LogP contribution in [0.2, 0.25) is 0 Å². The van der Waals surface area contributed by atoms with Crippen molar-refractivity contribution in [1.82, 2.24) is 14.5 Å². The van der Waals surface area contributed by atoms with Crippen LogP contribution >= 0.6 is 0 Å². The molecule has 5 rings (SSSR count). The Labute approximate surface area is 273 Å². The Hall–Kier alpha value is -3.61. The molecule has 0 aromatic heterocycles. The molecule has 2 aromatic carbocycles. The number of benzene rings is 2. The molecule has 0 aliphatic carbocycles. The van der Waals surface area contributed by atoms with Crippen LogP contribution < -0.4 is 10.1 Å². The van der Waals surface area contributed by atoms with Gasteiger partial charge in [-0.15, -0.1) is 0 Å². The van der Waals surface area contributed by atoms with Crippen LogP contribution in [-0.2, 0) is 14.8 Å². The van der Waals surface area contributed by atoms with Crippen molar-refractivity contribution in [2.45, 2.75) is 77.4 Å². The molecule has 12 heteroatoms. The number of aliphatic imine (C=N–C) groups is 1. The molecule has 2 amide bonds. The van der Waals surface area contributed by atoms with Crippen molar-refractivity contribution in [3.05, 3.63) is 69.4 Å². The molecular weight excluding hydrogens is 599 g/mol. The Morgan fingerprint density at radius 1 is 1.13 bits per heavy atom. The maximum atomic E-state index is 14.7. The van der Waals surface area contributed by atoms with Gasteiger partial charge in [-0.3, -0.25) is 14.6 Å². The number of piperidine rings is 2. The van der Waals surface area contributed by atoms with Crippen molar-refractivity contribution < 1.29 is 41.8 Å². The number of rotatable bonds is 7. The zero-order valence-corrected chi connectivity index (χ0v) is 26.1. The molecule has 0 atom stereocenters. The normalized spacial score (nSPS) is 23.2. The molecule has 2 aromatic rings. The van der Waals surface area contributed by atoms with Crippen LogP contribution in [0.25, 0.3) is 6.08 Å². The standard InChI is InChI=1S/C33H41FN4O6S/c1-21(2)44-28-20-24(6-7-27(28)34)29-35-31(40)33(36-29)11-15-38(16-12-33)45(42,43)17-8-26-22(3)18-25(19-23(26)4)30(39)37-13-9-32(5,41)10-14-37/h6-8,17-21,41H,9-16H2,1-5H3,(H,35,36,40)/b17-8+/i1D3,2D3,21D. The van der Waals surface area contributed by atoms with Gasteiger partial charge in [0.05, 0.1) is 13.1 Å². The Balaban J connectivity index is 1.28. The second-order valence-electron chi connectivity index (χ2n) is 12.1. The first-order valence-electron chi connectivity index (χ1n) is 18.1. The SMILES string of the molecule is [2H]C([2H])([2H])C([2H])(Oc1cc(C2=NC3(CCN(S(=O)(=O)/C=C/c4c(C)cc(C(=O)N5CCC(C)(O)CC5)cc4C)CC3)C(=O)N2)ccc1F)C([2H])([2H])[2H]. The van der Waals surface area contributed by atoms with Crippen LogP contribution in [0, 0.1) is 19.7 Å². The number of nitrogens with zero attached hydrogens (tertiary/aromatic N) is 3. The van der Waals surface area contributed by atoms with E-state index in [2.05, 4.69) is 10.3 Å². The largest absolute Gasteiger partial charge is 0.488 e. The molecule has 3 heterocycles. The summed E-state index contributed by atoms with van der Waals surface area (Å²) in [5.41, 5.74) is 0.449. The van der Waals surface area contributed by atoms with Crippen molar-refractivity contribution in [2.24, 2.45) is 4.99 Å². The van der Waals surface area contributed by atoms with Gasteiger partial charge in [0.2, 0.25) is 10.0 Å². The van der Waals surface area contributed by atoms with Gasteiger partial charge in [-0.05, 0) is 113 Å². The Morgan fingerprint density at radius 3 is 2.40 bits per heavy atom. The number of nitrogens with one attached hydrogen (secondary N) is 1. The highest BCUT2D eigenvalue weighted by Crippen LogP contribution is 2.33. The molecule has 0 bridgehead atoms. The summed E-state index contributed by atoms with van der Waals surface area (Å²) in [6.45, 7) is -0.858. The first-order valence-corrected chi connectivity index (χ1v) is 16.1. The number of hydrogen-bond donors (Lipinski definition) is 2. The minimum Gasteiger partial charge on any atom is -0.488 e. The van der Waals surface area contributed by atoms with Crippen molar-refractivity contribution in [3.8, 4) is 5.75 Å². The fraction of sp³-hybridized carbons (Fsp3) is 0.485. The van der Waals surface area contributed by atoms with Gasteiger partial charge in [0.25, 0.3) is 11.8 Å². The minimum absolute atomic E-state index is 0.00861.